The predicted molar refractivity (Wildman–Crippen MR) is 157 cm³/mol. The molecule has 42 heavy (non-hydrogen) atoms. The van der Waals surface area contributed by atoms with Gasteiger partial charge in [0.15, 0.2) is 0 Å². The number of carboxylic acids is 1. The number of carboxylic acid groups (broad SMARTS) is 1. The van der Waals surface area contributed by atoms with Gasteiger partial charge in [-0.1, -0.05) is 20.8 Å². The number of ether oxygens (including phenoxy) is 1. The van der Waals surface area contributed by atoms with Crippen molar-refractivity contribution < 1.29 is 38.6 Å². The van der Waals surface area contributed by atoms with Gasteiger partial charge in [0.2, 0.25) is 23.6 Å². The molecule has 240 valence electrons. The van der Waals surface area contributed by atoms with E-state index in [1.807, 2.05) is 41.5 Å². The van der Waals surface area contributed by atoms with Crippen LogP contribution in [0.2, 0.25) is 0 Å². The molecule has 0 aromatic carbocycles. The van der Waals surface area contributed by atoms with Crippen LogP contribution < -0.4 is 0 Å². The molecule has 0 saturated carbocycles. The summed E-state index contributed by atoms with van der Waals surface area (Å²) in [5, 5.41) is 8.90. The van der Waals surface area contributed by atoms with E-state index < -0.39 is 22.6 Å². The average molecular weight is 597 g/mol. The van der Waals surface area contributed by atoms with Gasteiger partial charge in [-0.05, 0) is 62.3 Å². The third-order valence-electron chi connectivity index (χ3n) is 9.22. The fourth-order valence-corrected chi connectivity index (χ4v) is 5.76. The molecular formula is C30H52N4O8. The van der Waals surface area contributed by atoms with Crippen molar-refractivity contribution in [1.29, 1.82) is 0 Å². The molecule has 12 nitrogen and oxygen atoms in total. The first-order chi connectivity index (χ1) is 18.8. The molecule has 6 atom stereocenters. The summed E-state index contributed by atoms with van der Waals surface area (Å²) in [6.45, 7) is 21.5. The number of esters is 1. The number of carbonyl (C=O) groups excluding carboxylic acids is 5. The van der Waals surface area contributed by atoms with Gasteiger partial charge >= 0.3 is 11.9 Å². The van der Waals surface area contributed by atoms with Crippen LogP contribution in [0, 0.1) is 17.8 Å². The van der Waals surface area contributed by atoms with E-state index in [2.05, 4.69) is 4.74 Å². The standard InChI is InChI=1S/C11H20N2O2.C10H17NO3.C9H15NO3/c1-7-8(2)13(9(7)14)11(3,4)10(15)12(5)6;1-6-7(2)11(8(6)12)10(3,4)9(13)14-5;1-5-6(2)10(7(5)11)9(3,4)8(12)13/h7-8H,1-6H3;6-7H,1-5H3;5-6H,1-4H3,(H,12,13). The van der Waals surface area contributed by atoms with Gasteiger partial charge in [0.1, 0.15) is 16.6 Å². The molecular weight excluding hydrogens is 544 g/mol. The summed E-state index contributed by atoms with van der Waals surface area (Å²) in [7, 11) is 4.76. The number of nitrogens with zero attached hydrogens (tertiary/aromatic N) is 4. The van der Waals surface area contributed by atoms with Gasteiger partial charge in [-0.15, -0.1) is 0 Å². The van der Waals surface area contributed by atoms with Gasteiger partial charge in [0, 0.05) is 32.2 Å². The number of likely N-dealkylation sites (N-methyl/N-ethyl adjacent to an activating group) is 1. The number of aliphatic carboxylic acids is 1. The third kappa shape index (κ3) is 6.27. The summed E-state index contributed by atoms with van der Waals surface area (Å²) in [6, 6.07) is 0.284. The van der Waals surface area contributed by atoms with Crippen LogP contribution >= 0.6 is 0 Å². The summed E-state index contributed by atoms with van der Waals surface area (Å²) in [6.07, 6.45) is 0. The zero-order valence-corrected chi connectivity index (χ0v) is 28.1. The number of rotatable bonds is 6. The number of methoxy groups -OCH3 is 1. The van der Waals surface area contributed by atoms with Crippen molar-refractivity contribution in [2.45, 2.75) is 118 Å². The van der Waals surface area contributed by atoms with Gasteiger partial charge in [-0.25, -0.2) is 9.59 Å². The number of amides is 4. The summed E-state index contributed by atoms with van der Waals surface area (Å²) < 4.78 is 4.67. The smallest absolute Gasteiger partial charge is 0.331 e. The molecule has 3 saturated heterocycles. The van der Waals surface area contributed by atoms with E-state index in [0.29, 0.717) is 0 Å². The maximum atomic E-state index is 11.9. The van der Waals surface area contributed by atoms with E-state index in [-0.39, 0.29) is 65.5 Å². The zero-order valence-electron chi connectivity index (χ0n) is 28.1. The monoisotopic (exact) mass is 596 g/mol. The normalized spacial score (nSPS) is 27.3. The molecule has 3 aliphatic heterocycles. The van der Waals surface area contributed by atoms with Crippen LogP contribution in [0.3, 0.4) is 0 Å². The Kier molecular flexibility index (Phi) is 11.0. The van der Waals surface area contributed by atoms with E-state index in [1.165, 1.54) is 16.9 Å². The Morgan fingerprint density at radius 2 is 0.929 bits per heavy atom. The molecule has 0 aliphatic carbocycles. The fraction of sp³-hybridized carbons (Fsp3) is 0.800. The van der Waals surface area contributed by atoms with Crippen LogP contribution in [0.25, 0.3) is 0 Å². The Hall–Kier alpha value is -3.18. The number of hydrogen-bond acceptors (Lipinski definition) is 7. The number of carbonyl (C=O) groups is 6. The first-order valence-electron chi connectivity index (χ1n) is 14.4. The molecule has 0 aromatic rings. The molecule has 6 unspecified atom stereocenters. The molecule has 12 heteroatoms. The summed E-state index contributed by atoms with van der Waals surface area (Å²) in [4.78, 5) is 75.1. The minimum atomic E-state index is -1.08. The van der Waals surface area contributed by atoms with Gasteiger partial charge in [-0.2, -0.15) is 0 Å². The van der Waals surface area contributed by atoms with Crippen molar-refractivity contribution in [2.75, 3.05) is 21.2 Å². The minimum Gasteiger partial charge on any atom is -0.480 e. The Morgan fingerprint density at radius 3 is 1.17 bits per heavy atom. The third-order valence-corrected chi connectivity index (χ3v) is 9.22. The first-order valence-corrected chi connectivity index (χ1v) is 14.4. The lowest BCUT2D eigenvalue weighted by atomic mass is 9.83. The number of β-lactam (4-membered cyclic amide) rings is 3. The maximum absolute atomic E-state index is 11.9. The summed E-state index contributed by atoms with van der Waals surface area (Å²) >= 11 is 0. The fourth-order valence-electron chi connectivity index (χ4n) is 5.76. The van der Waals surface area contributed by atoms with Crippen LogP contribution in [0.5, 0.6) is 0 Å². The van der Waals surface area contributed by atoms with Crippen LogP contribution in [-0.2, 0) is 33.5 Å². The Balaban J connectivity index is 0.000000316. The van der Waals surface area contributed by atoms with Crippen molar-refractivity contribution in [3.05, 3.63) is 0 Å². The quantitative estimate of drug-likeness (QED) is 0.363. The lowest BCUT2D eigenvalue weighted by Crippen LogP contribution is -2.69. The molecule has 3 aliphatic rings. The van der Waals surface area contributed by atoms with Crippen molar-refractivity contribution in [2.24, 2.45) is 17.8 Å². The summed E-state index contributed by atoms with van der Waals surface area (Å²) in [5.41, 5.74) is -2.66. The van der Waals surface area contributed by atoms with Crippen molar-refractivity contribution in [1.82, 2.24) is 19.6 Å². The van der Waals surface area contributed by atoms with E-state index in [0.717, 1.165) is 0 Å². The van der Waals surface area contributed by atoms with Crippen molar-refractivity contribution in [3.8, 4) is 0 Å². The van der Waals surface area contributed by atoms with Gasteiger partial charge in [0.25, 0.3) is 0 Å². The average Bonchev–Trinajstić information content (AvgIpc) is 2.91. The van der Waals surface area contributed by atoms with E-state index in [4.69, 9.17) is 5.11 Å². The molecule has 3 rings (SSSR count). The first kappa shape index (κ1) is 36.8. The van der Waals surface area contributed by atoms with Crippen molar-refractivity contribution >= 4 is 35.6 Å². The molecule has 0 spiro atoms. The second-order valence-corrected chi connectivity index (χ2v) is 13.4. The number of hydrogen-bond donors (Lipinski definition) is 1. The SMILES string of the molecule is CC1C(=O)N(C(C)(C)C(=O)N(C)C)C1C.CC1C(=O)N(C(C)(C)C(=O)O)C1C.COC(=O)C(C)(C)N1C(=O)C(C)C1C. The largest absolute Gasteiger partial charge is 0.480 e. The highest BCUT2D eigenvalue weighted by Crippen LogP contribution is 2.35. The summed E-state index contributed by atoms with van der Waals surface area (Å²) in [5.74, 6) is -1.33. The highest BCUT2D eigenvalue weighted by molar-refractivity contribution is 5.95. The Labute approximate surface area is 250 Å². The van der Waals surface area contributed by atoms with Crippen LogP contribution in [0.4, 0.5) is 0 Å². The Bertz CT molecular complexity index is 1100. The van der Waals surface area contributed by atoms with Gasteiger partial charge in [0.05, 0.1) is 24.9 Å². The van der Waals surface area contributed by atoms with Gasteiger partial charge in [-0.3, -0.25) is 19.2 Å². The lowest BCUT2D eigenvalue weighted by molar-refractivity contribution is -0.177. The van der Waals surface area contributed by atoms with Crippen LogP contribution in [-0.4, -0.2) is 116 Å². The lowest BCUT2D eigenvalue weighted by Gasteiger charge is -2.52. The topological polar surface area (TPSA) is 145 Å². The molecule has 3 fully saturated rings. The van der Waals surface area contributed by atoms with E-state index >= 15 is 0 Å². The van der Waals surface area contributed by atoms with E-state index in [9.17, 15) is 28.8 Å². The molecule has 0 aromatic heterocycles. The molecule has 3 heterocycles. The molecule has 4 amide bonds. The molecule has 0 bridgehead atoms. The molecule has 0 radical (unpaired) electrons. The van der Waals surface area contributed by atoms with Crippen LogP contribution in [0.1, 0.15) is 83.1 Å². The van der Waals surface area contributed by atoms with Crippen molar-refractivity contribution in [3.63, 3.8) is 0 Å². The number of likely N-dealkylation sites (tertiary alicyclic amines) is 3. The van der Waals surface area contributed by atoms with Crippen LogP contribution in [0.15, 0.2) is 0 Å². The predicted octanol–water partition coefficient (Wildman–Crippen LogP) is 2.24. The highest BCUT2D eigenvalue weighted by Gasteiger charge is 2.53. The maximum Gasteiger partial charge on any atom is 0.331 e. The minimum absolute atomic E-state index is 0.0129. The highest BCUT2D eigenvalue weighted by atomic mass is 16.5. The van der Waals surface area contributed by atoms with Gasteiger partial charge < -0.3 is 29.4 Å². The Morgan fingerprint density at radius 1 is 0.643 bits per heavy atom. The second kappa shape index (κ2) is 12.6. The van der Waals surface area contributed by atoms with E-state index in [1.54, 1.807) is 65.4 Å². The molecule has 1 N–H and O–H groups in total. The zero-order chi connectivity index (χ0) is 33.4. The second-order valence-electron chi connectivity index (χ2n) is 13.4.